The fraction of sp³-hybridized carbons (Fsp3) is 0.167. The molecule has 128 valence electrons. The zero-order valence-electron chi connectivity index (χ0n) is 13.7. The Hall–Kier alpha value is -3.22. The van der Waals surface area contributed by atoms with Crippen molar-refractivity contribution in [2.24, 2.45) is 0 Å². The van der Waals surface area contributed by atoms with E-state index in [1.165, 1.54) is 19.1 Å². The summed E-state index contributed by atoms with van der Waals surface area (Å²) < 4.78 is 23.7. The van der Waals surface area contributed by atoms with Crippen LogP contribution in [-0.4, -0.2) is 22.3 Å². The summed E-state index contributed by atoms with van der Waals surface area (Å²) in [7, 11) is 0. The molecule has 0 saturated heterocycles. The standard InChI is InChI=1S/C18H16FN3O3/c1-11-7-9-13(10-8-11)16-17(22-25-21-16)20-18(23)12(2)24-15-6-4-3-5-14(15)19/h3-10,12H,1-2H3,(H,20,22,23)/t12-/m1/s1. The first-order valence-corrected chi connectivity index (χ1v) is 7.66. The lowest BCUT2D eigenvalue weighted by atomic mass is 10.1. The molecule has 1 heterocycles. The van der Waals surface area contributed by atoms with Crippen LogP contribution in [0.15, 0.2) is 53.2 Å². The summed E-state index contributed by atoms with van der Waals surface area (Å²) in [5, 5.41) is 10.1. The third-order valence-electron chi connectivity index (χ3n) is 3.56. The Morgan fingerprint density at radius 2 is 1.88 bits per heavy atom. The maximum Gasteiger partial charge on any atom is 0.266 e. The minimum Gasteiger partial charge on any atom is -0.478 e. The average molecular weight is 341 g/mol. The van der Waals surface area contributed by atoms with E-state index in [2.05, 4.69) is 15.6 Å². The molecule has 1 amide bonds. The van der Waals surface area contributed by atoms with Crippen LogP contribution in [0, 0.1) is 12.7 Å². The number of hydrogen-bond acceptors (Lipinski definition) is 5. The number of aromatic nitrogens is 2. The molecule has 0 unspecified atom stereocenters. The average Bonchev–Trinajstić information content (AvgIpc) is 3.05. The summed E-state index contributed by atoms with van der Waals surface area (Å²) in [5.74, 6) is -0.849. The molecular weight excluding hydrogens is 325 g/mol. The van der Waals surface area contributed by atoms with Crippen molar-refractivity contribution in [2.45, 2.75) is 20.0 Å². The molecule has 25 heavy (non-hydrogen) atoms. The maximum absolute atomic E-state index is 13.6. The zero-order chi connectivity index (χ0) is 17.8. The lowest BCUT2D eigenvalue weighted by Crippen LogP contribution is -2.30. The van der Waals surface area contributed by atoms with Gasteiger partial charge in [0.2, 0.25) is 5.82 Å². The normalized spacial score (nSPS) is 11.8. The fourth-order valence-electron chi connectivity index (χ4n) is 2.17. The van der Waals surface area contributed by atoms with Crippen LogP contribution in [0.2, 0.25) is 0 Å². The molecule has 6 nitrogen and oxygen atoms in total. The summed E-state index contributed by atoms with van der Waals surface area (Å²) >= 11 is 0. The van der Waals surface area contributed by atoms with E-state index in [-0.39, 0.29) is 11.6 Å². The van der Waals surface area contributed by atoms with E-state index in [1.54, 1.807) is 12.1 Å². The largest absolute Gasteiger partial charge is 0.478 e. The number of rotatable bonds is 5. The minimum atomic E-state index is -0.931. The van der Waals surface area contributed by atoms with Crippen LogP contribution in [0.1, 0.15) is 12.5 Å². The van der Waals surface area contributed by atoms with E-state index >= 15 is 0 Å². The van der Waals surface area contributed by atoms with Crippen LogP contribution in [-0.2, 0) is 4.79 Å². The number of halogens is 1. The first-order chi connectivity index (χ1) is 12.0. The Labute approximate surface area is 143 Å². The number of nitrogens with one attached hydrogen (secondary N) is 1. The molecule has 0 aliphatic carbocycles. The summed E-state index contributed by atoms with van der Waals surface area (Å²) in [4.78, 5) is 12.3. The van der Waals surface area contributed by atoms with E-state index in [9.17, 15) is 9.18 Å². The fourth-order valence-corrected chi connectivity index (χ4v) is 2.17. The highest BCUT2D eigenvalue weighted by molar-refractivity contribution is 5.95. The van der Waals surface area contributed by atoms with Gasteiger partial charge >= 0.3 is 0 Å². The lowest BCUT2D eigenvalue weighted by molar-refractivity contribution is -0.122. The number of carbonyl (C=O) groups excluding carboxylic acids is 1. The highest BCUT2D eigenvalue weighted by Crippen LogP contribution is 2.25. The molecule has 0 radical (unpaired) electrons. The molecule has 1 atom stereocenters. The summed E-state index contributed by atoms with van der Waals surface area (Å²) in [6.45, 7) is 3.48. The Morgan fingerprint density at radius 1 is 1.16 bits per heavy atom. The first kappa shape index (κ1) is 16.6. The van der Waals surface area contributed by atoms with Gasteiger partial charge in [-0.2, -0.15) is 0 Å². The maximum atomic E-state index is 13.6. The smallest absolute Gasteiger partial charge is 0.266 e. The van der Waals surface area contributed by atoms with Crippen LogP contribution in [0.3, 0.4) is 0 Å². The van der Waals surface area contributed by atoms with E-state index < -0.39 is 17.8 Å². The van der Waals surface area contributed by atoms with Gasteiger partial charge in [-0.1, -0.05) is 42.0 Å². The van der Waals surface area contributed by atoms with Crippen molar-refractivity contribution in [1.82, 2.24) is 10.3 Å². The number of carbonyl (C=O) groups is 1. The minimum absolute atomic E-state index is 0.00202. The summed E-state index contributed by atoms with van der Waals surface area (Å²) in [5.41, 5.74) is 2.26. The second-order valence-electron chi connectivity index (χ2n) is 5.51. The van der Waals surface area contributed by atoms with Gasteiger partial charge in [0.05, 0.1) is 0 Å². The van der Waals surface area contributed by atoms with Gasteiger partial charge in [-0.05, 0) is 36.3 Å². The number of aryl methyl sites for hydroxylation is 1. The van der Waals surface area contributed by atoms with Crippen molar-refractivity contribution >= 4 is 11.7 Å². The highest BCUT2D eigenvalue weighted by Gasteiger charge is 2.21. The van der Waals surface area contributed by atoms with E-state index in [4.69, 9.17) is 9.37 Å². The third-order valence-corrected chi connectivity index (χ3v) is 3.56. The SMILES string of the molecule is Cc1ccc(-c2nonc2NC(=O)[C@@H](C)Oc2ccccc2F)cc1. The quantitative estimate of drug-likeness (QED) is 0.767. The zero-order valence-corrected chi connectivity index (χ0v) is 13.7. The predicted octanol–water partition coefficient (Wildman–Crippen LogP) is 3.59. The number of hydrogen-bond donors (Lipinski definition) is 1. The number of benzene rings is 2. The molecule has 0 bridgehead atoms. The van der Waals surface area contributed by atoms with Crippen LogP contribution in [0.25, 0.3) is 11.3 Å². The van der Waals surface area contributed by atoms with Crippen LogP contribution in [0.4, 0.5) is 10.2 Å². The second kappa shape index (κ2) is 7.12. The molecule has 0 saturated carbocycles. The topological polar surface area (TPSA) is 77.3 Å². The van der Waals surface area contributed by atoms with Crippen molar-refractivity contribution in [3.63, 3.8) is 0 Å². The molecule has 3 aromatic rings. The van der Waals surface area contributed by atoms with E-state index in [1.807, 2.05) is 31.2 Å². The number of ether oxygens (including phenoxy) is 1. The van der Waals surface area contributed by atoms with Gasteiger partial charge in [0.1, 0.15) is 0 Å². The summed E-state index contributed by atoms with van der Waals surface area (Å²) in [6, 6.07) is 13.4. The summed E-state index contributed by atoms with van der Waals surface area (Å²) in [6.07, 6.45) is -0.931. The van der Waals surface area contributed by atoms with Crippen molar-refractivity contribution in [2.75, 3.05) is 5.32 Å². The molecule has 1 N–H and O–H groups in total. The Bertz CT molecular complexity index is 877. The van der Waals surface area contributed by atoms with Gasteiger partial charge in [0.25, 0.3) is 5.91 Å². The van der Waals surface area contributed by atoms with Crippen LogP contribution >= 0.6 is 0 Å². The molecule has 0 aliphatic heterocycles. The molecule has 3 rings (SSSR count). The van der Waals surface area contributed by atoms with Gasteiger partial charge in [-0.3, -0.25) is 4.79 Å². The highest BCUT2D eigenvalue weighted by atomic mass is 19.1. The van der Waals surface area contributed by atoms with Crippen molar-refractivity contribution in [3.05, 3.63) is 59.9 Å². The first-order valence-electron chi connectivity index (χ1n) is 7.66. The Kier molecular flexibility index (Phi) is 4.74. The number of anilines is 1. The molecule has 0 fully saturated rings. The predicted molar refractivity (Wildman–Crippen MR) is 89.6 cm³/mol. The van der Waals surface area contributed by atoms with Crippen molar-refractivity contribution in [1.29, 1.82) is 0 Å². The molecule has 2 aromatic carbocycles. The van der Waals surface area contributed by atoms with Gasteiger partial charge in [0.15, 0.2) is 23.4 Å². The monoisotopic (exact) mass is 341 g/mol. The third kappa shape index (κ3) is 3.82. The number of amides is 1. The molecule has 0 spiro atoms. The Balaban J connectivity index is 1.72. The van der Waals surface area contributed by atoms with E-state index in [0.29, 0.717) is 5.69 Å². The Morgan fingerprint density at radius 3 is 2.60 bits per heavy atom. The van der Waals surface area contributed by atoms with Crippen LogP contribution in [0.5, 0.6) is 5.75 Å². The number of para-hydroxylation sites is 1. The van der Waals surface area contributed by atoms with Crippen molar-refractivity contribution in [3.8, 4) is 17.0 Å². The second-order valence-corrected chi connectivity index (χ2v) is 5.51. The van der Waals surface area contributed by atoms with Gasteiger partial charge in [-0.15, -0.1) is 0 Å². The van der Waals surface area contributed by atoms with Gasteiger partial charge in [-0.25, -0.2) is 9.02 Å². The molecular formula is C18H16FN3O3. The molecule has 1 aromatic heterocycles. The number of nitrogens with zero attached hydrogens (tertiary/aromatic N) is 2. The van der Waals surface area contributed by atoms with Crippen molar-refractivity contribution < 1.29 is 18.6 Å². The lowest BCUT2D eigenvalue weighted by Gasteiger charge is -2.14. The van der Waals surface area contributed by atoms with Crippen LogP contribution < -0.4 is 10.1 Å². The van der Waals surface area contributed by atoms with Gasteiger partial charge in [0, 0.05) is 5.56 Å². The molecule has 0 aliphatic rings. The van der Waals surface area contributed by atoms with E-state index in [0.717, 1.165) is 11.1 Å². The van der Waals surface area contributed by atoms with Gasteiger partial charge < -0.3 is 10.1 Å². The molecule has 7 heteroatoms.